The lowest BCUT2D eigenvalue weighted by Gasteiger charge is -2.33. The number of ether oxygens (including phenoxy) is 1. The Hall–Kier alpha value is -0.610. The zero-order valence-corrected chi connectivity index (χ0v) is 12.5. The lowest BCUT2D eigenvalue weighted by atomic mass is 9.85. The molecule has 0 aromatic carbocycles. The molecule has 4 heteroatoms. The Labute approximate surface area is 111 Å². The Kier molecular flexibility index (Phi) is 8.20. The number of nitrogens with zero attached hydrogens (tertiary/aromatic N) is 1. The van der Waals surface area contributed by atoms with Crippen LogP contribution in [0.3, 0.4) is 0 Å². The van der Waals surface area contributed by atoms with Crippen molar-refractivity contribution in [3.8, 4) is 0 Å². The fourth-order valence-corrected chi connectivity index (χ4v) is 2.27. The number of aliphatic carboxylic acids is 1. The molecular weight excluding hydrogens is 230 g/mol. The first-order valence-corrected chi connectivity index (χ1v) is 6.80. The summed E-state index contributed by atoms with van der Waals surface area (Å²) in [6, 6.07) is 0. The number of methoxy groups -OCH3 is 1. The number of carbonyl (C=O) groups is 1. The first-order valence-electron chi connectivity index (χ1n) is 6.80. The summed E-state index contributed by atoms with van der Waals surface area (Å²) in [5, 5.41) is 9.41. The van der Waals surface area contributed by atoms with Crippen molar-refractivity contribution in [2.75, 3.05) is 33.4 Å². The number of hydrogen-bond acceptors (Lipinski definition) is 3. The highest BCUT2D eigenvalue weighted by Crippen LogP contribution is 2.25. The van der Waals surface area contributed by atoms with Crippen molar-refractivity contribution in [2.45, 2.75) is 40.5 Å². The van der Waals surface area contributed by atoms with Crippen molar-refractivity contribution >= 4 is 5.97 Å². The van der Waals surface area contributed by atoms with Crippen LogP contribution in [0, 0.1) is 11.3 Å². The summed E-state index contributed by atoms with van der Waals surface area (Å²) in [5.74, 6) is -0.169. The van der Waals surface area contributed by atoms with E-state index in [1.165, 1.54) is 0 Å². The van der Waals surface area contributed by atoms with Crippen LogP contribution < -0.4 is 0 Å². The van der Waals surface area contributed by atoms with Gasteiger partial charge in [0.05, 0.1) is 12.0 Å². The zero-order chi connectivity index (χ0) is 14.2. The average Bonchev–Trinajstić information content (AvgIpc) is 2.25. The van der Waals surface area contributed by atoms with Gasteiger partial charge in [0.2, 0.25) is 0 Å². The molecule has 1 N–H and O–H groups in total. The second kappa shape index (κ2) is 8.48. The minimum Gasteiger partial charge on any atom is -0.481 e. The molecule has 0 rings (SSSR count). The van der Waals surface area contributed by atoms with Crippen LogP contribution in [-0.2, 0) is 9.53 Å². The van der Waals surface area contributed by atoms with Gasteiger partial charge in [-0.2, -0.15) is 0 Å². The van der Waals surface area contributed by atoms with Crippen LogP contribution in [0.4, 0.5) is 0 Å². The van der Waals surface area contributed by atoms with E-state index < -0.39 is 11.4 Å². The van der Waals surface area contributed by atoms with Gasteiger partial charge in [-0.25, -0.2) is 0 Å². The second-order valence-corrected chi connectivity index (χ2v) is 5.74. The largest absolute Gasteiger partial charge is 0.481 e. The fraction of sp³-hybridized carbons (Fsp3) is 0.929. The molecule has 0 aliphatic heterocycles. The van der Waals surface area contributed by atoms with Crippen LogP contribution in [0.1, 0.15) is 40.5 Å². The quantitative estimate of drug-likeness (QED) is 0.655. The second-order valence-electron chi connectivity index (χ2n) is 5.74. The number of rotatable bonds is 10. The zero-order valence-electron chi connectivity index (χ0n) is 12.5. The van der Waals surface area contributed by atoms with E-state index in [2.05, 4.69) is 18.7 Å². The maximum absolute atomic E-state index is 11.4. The van der Waals surface area contributed by atoms with Gasteiger partial charge < -0.3 is 9.84 Å². The Balaban J connectivity index is 4.62. The van der Waals surface area contributed by atoms with E-state index in [9.17, 15) is 9.90 Å². The SMILES string of the molecule is CCCC(C)(CN(CCOC)CC(C)C)C(=O)O. The summed E-state index contributed by atoms with van der Waals surface area (Å²) in [6.45, 7) is 11.1. The molecule has 0 spiro atoms. The van der Waals surface area contributed by atoms with Gasteiger partial charge >= 0.3 is 5.97 Å². The van der Waals surface area contributed by atoms with Crippen molar-refractivity contribution in [3.63, 3.8) is 0 Å². The highest BCUT2D eigenvalue weighted by atomic mass is 16.5. The van der Waals surface area contributed by atoms with Crippen molar-refractivity contribution in [3.05, 3.63) is 0 Å². The molecule has 0 saturated carbocycles. The number of hydrogen-bond donors (Lipinski definition) is 1. The van der Waals surface area contributed by atoms with Crippen molar-refractivity contribution in [1.29, 1.82) is 0 Å². The van der Waals surface area contributed by atoms with Crippen LogP contribution in [0.25, 0.3) is 0 Å². The molecule has 0 bridgehead atoms. The Morgan fingerprint density at radius 2 is 2.06 bits per heavy atom. The molecule has 0 fully saturated rings. The smallest absolute Gasteiger partial charge is 0.310 e. The lowest BCUT2D eigenvalue weighted by Crippen LogP contribution is -2.43. The van der Waals surface area contributed by atoms with Crippen molar-refractivity contribution in [2.24, 2.45) is 11.3 Å². The Bertz CT molecular complexity index is 243. The first-order chi connectivity index (χ1) is 8.35. The summed E-state index contributed by atoms with van der Waals surface area (Å²) in [7, 11) is 1.68. The third-order valence-electron chi connectivity index (χ3n) is 3.13. The molecule has 0 radical (unpaired) electrons. The monoisotopic (exact) mass is 259 g/mol. The molecule has 18 heavy (non-hydrogen) atoms. The van der Waals surface area contributed by atoms with Gasteiger partial charge in [-0.05, 0) is 19.3 Å². The van der Waals surface area contributed by atoms with Crippen LogP contribution in [0.2, 0.25) is 0 Å². The lowest BCUT2D eigenvalue weighted by molar-refractivity contribution is -0.149. The van der Waals surface area contributed by atoms with E-state index in [0.29, 0.717) is 25.5 Å². The highest BCUT2D eigenvalue weighted by Gasteiger charge is 2.34. The topological polar surface area (TPSA) is 49.8 Å². The molecular formula is C14H29NO3. The predicted octanol–water partition coefficient (Wildman–Crippen LogP) is 2.48. The number of carboxylic acids is 1. The summed E-state index contributed by atoms with van der Waals surface area (Å²) in [4.78, 5) is 13.7. The molecule has 0 aromatic heterocycles. The summed E-state index contributed by atoms with van der Waals surface area (Å²) < 4.78 is 5.10. The summed E-state index contributed by atoms with van der Waals surface area (Å²) in [5.41, 5.74) is -0.655. The Morgan fingerprint density at radius 3 is 2.44 bits per heavy atom. The van der Waals surface area contributed by atoms with Gasteiger partial charge in [-0.3, -0.25) is 9.69 Å². The van der Waals surface area contributed by atoms with E-state index in [0.717, 1.165) is 19.5 Å². The van der Waals surface area contributed by atoms with Crippen LogP contribution >= 0.6 is 0 Å². The van der Waals surface area contributed by atoms with Gasteiger partial charge in [-0.15, -0.1) is 0 Å². The van der Waals surface area contributed by atoms with Crippen LogP contribution in [-0.4, -0.2) is 49.3 Å². The minimum atomic E-state index is -0.699. The van der Waals surface area contributed by atoms with Gasteiger partial charge in [-0.1, -0.05) is 27.2 Å². The number of carboxylic acid groups (broad SMARTS) is 1. The maximum Gasteiger partial charge on any atom is 0.310 e. The van der Waals surface area contributed by atoms with Crippen LogP contribution in [0.15, 0.2) is 0 Å². The van der Waals surface area contributed by atoms with Gasteiger partial charge in [0.25, 0.3) is 0 Å². The average molecular weight is 259 g/mol. The van der Waals surface area contributed by atoms with Crippen molar-refractivity contribution in [1.82, 2.24) is 4.90 Å². The first kappa shape index (κ1) is 17.4. The maximum atomic E-state index is 11.4. The Morgan fingerprint density at radius 1 is 1.44 bits per heavy atom. The summed E-state index contributed by atoms with van der Waals surface area (Å²) >= 11 is 0. The van der Waals surface area contributed by atoms with Gasteiger partial charge in [0.1, 0.15) is 0 Å². The molecule has 4 nitrogen and oxygen atoms in total. The van der Waals surface area contributed by atoms with Gasteiger partial charge in [0.15, 0.2) is 0 Å². The minimum absolute atomic E-state index is 0.529. The predicted molar refractivity (Wildman–Crippen MR) is 73.8 cm³/mol. The van der Waals surface area contributed by atoms with E-state index >= 15 is 0 Å². The van der Waals surface area contributed by atoms with Crippen molar-refractivity contribution < 1.29 is 14.6 Å². The third-order valence-corrected chi connectivity index (χ3v) is 3.13. The molecule has 0 amide bonds. The molecule has 0 aliphatic rings. The molecule has 108 valence electrons. The fourth-order valence-electron chi connectivity index (χ4n) is 2.27. The van der Waals surface area contributed by atoms with Gasteiger partial charge in [0, 0.05) is 26.7 Å². The molecule has 0 saturated heterocycles. The van der Waals surface area contributed by atoms with E-state index in [-0.39, 0.29) is 0 Å². The molecule has 1 atom stereocenters. The molecule has 0 heterocycles. The molecule has 1 unspecified atom stereocenters. The van der Waals surface area contributed by atoms with E-state index in [1.54, 1.807) is 7.11 Å². The molecule has 0 aliphatic carbocycles. The standard InChI is InChI=1S/C14H29NO3/c1-6-7-14(4,13(16)17)11-15(8-9-18-5)10-12(2)3/h12H,6-11H2,1-5H3,(H,16,17). The van der Waals surface area contributed by atoms with E-state index in [1.807, 2.05) is 13.8 Å². The molecule has 0 aromatic rings. The van der Waals surface area contributed by atoms with Crippen LogP contribution in [0.5, 0.6) is 0 Å². The highest BCUT2D eigenvalue weighted by molar-refractivity contribution is 5.74. The summed E-state index contributed by atoms with van der Waals surface area (Å²) in [6.07, 6.45) is 1.60. The third kappa shape index (κ3) is 6.36. The normalized spacial score (nSPS) is 15.1. The van der Waals surface area contributed by atoms with E-state index in [4.69, 9.17) is 4.74 Å².